The molecular weight excluding hydrogens is 196 g/mol. The number of hydrogen-bond acceptors (Lipinski definition) is 4. The molecule has 0 atom stereocenters. The van der Waals surface area contributed by atoms with Gasteiger partial charge in [0.15, 0.2) is 5.78 Å². The topological polar surface area (TPSA) is 52.6 Å². The monoisotopic (exact) mass is 204 g/mol. The number of benzene rings is 1. The number of hydrogen-bond donors (Lipinski definition) is 0. The molecule has 4 nitrogen and oxygen atoms in total. The van der Waals surface area contributed by atoms with Crippen molar-refractivity contribution in [2.75, 3.05) is 0 Å². The molecule has 4 heteroatoms. The van der Waals surface area contributed by atoms with Crippen molar-refractivity contribution < 1.29 is 19.1 Å². The Morgan fingerprint density at radius 3 is 2.40 bits per heavy atom. The molecule has 0 saturated heterocycles. The van der Waals surface area contributed by atoms with Crippen molar-refractivity contribution >= 4 is 11.9 Å². The van der Waals surface area contributed by atoms with Crippen molar-refractivity contribution in [2.45, 2.75) is 6.42 Å². The van der Waals surface area contributed by atoms with Crippen LogP contribution in [0, 0.1) is 0 Å². The molecule has 1 aromatic carbocycles. The zero-order chi connectivity index (χ0) is 10.7. The molecule has 0 aliphatic heterocycles. The molecule has 0 amide bonds. The molecule has 0 N–H and O–H groups in total. The van der Waals surface area contributed by atoms with E-state index in [-0.39, 0.29) is 12.2 Å². The summed E-state index contributed by atoms with van der Waals surface area (Å²) in [7, 11) is 0. The van der Waals surface area contributed by atoms with Crippen molar-refractivity contribution in [1.82, 2.24) is 0 Å². The van der Waals surface area contributed by atoms with Crippen LogP contribution in [0.1, 0.15) is 6.42 Å². The van der Waals surface area contributed by atoms with Crippen LogP contribution < -0.4 is 4.74 Å². The molecule has 0 radical (unpaired) electrons. The molecule has 15 heavy (non-hydrogen) atoms. The summed E-state index contributed by atoms with van der Waals surface area (Å²) < 4.78 is 9.58. The van der Waals surface area contributed by atoms with Crippen LogP contribution in [0.5, 0.6) is 5.75 Å². The van der Waals surface area contributed by atoms with Gasteiger partial charge < -0.3 is 9.47 Å². The van der Waals surface area contributed by atoms with Gasteiger partial charge in [-0.15, -0.1) is 0 Å². The summed E-state index contributed by atoms with van der Waals surface area (Å²) in [5.41, 5.74) is 0. The van der Waals surface area contributed by atoms with Gasteiger partial charge in [-0.25, -0.2) is 4.79 Å². The van der Waals surface area contributed by atoms with E-state index in [1.54, 1.807) is 24.3 Å². The highest BCUT2D eigenvalue weighted by atomic mass is 16.7. The van der Waals surface area contributed by atoms with Gasteiger partial charge in [0.1, 0.15) is 11.5 Å². The highest BCUT2D eigenvalue weighted by Crippen LogP contribution is 2.17. The number of carbonyl (C=O) groups is 2. The minimum Gasteiger partial charge on any atom is -0.399 e. The maximum Gasteiger partial charge on any atom is 0.519 e. The van der Waals surface area contributed by atoms with Gasteiger partial charge in [0.05, 0.1) is 6.42 Å². The summed E-state index contributed by atoms with van der Waals surface area (Å²) in [5, 5.41) is 0. The molecule has 1 aliphatic carbocycles. The predicted molar refractivity (Wildman–Crippen MR) is 51.3 cm³/mol. The van der Waals surface area contributed by atoms with Crippen molar-refractivity contribution in [2.24, 2.45) is 0 Å². The minimum atomic E-state index is -0.819. The number of para-hydroxylation sites is 1. The molecule has 0 heterocycles. The van der Waals surface area contributed by atoms with E-state index < -0.39 is 6.16 Å². The molecular formula is C11H8O4. The lowest BCUT2D eigenvalue weighted by Crippen LogP contribution is -2.17. The molecule has 0 aromatic heterocycles. The second kappa shape index (κ2) is 3.96. The average Bonchev–Trinajstić information content (AvgIpc) is 2.17. The van der Waals surface area contributed by atoms with Crippen LogP contribution in [0.25, 0.3) is 0 Å². The van der Waals surface area contributed by atoms with Gasteiger partial charge in [-0.2, -0.15) is 0 Å². The summed E-state index contributed by atoms with van der Waals surface area (Å²) in [6.07, 6.45) is 0.621. The average molecular weight is 204 g/mol. The highest BCUT2D eigenvalue weighted by Gasteiger charge is 2.20. The summed E-state index contributed by atoms with van der Waals surface area (Å²) in [6.45, 7) is 0. The Morgan fingerprint density at radius 2 is 1.80 bits per heavy atom. The molecule has 0 saturated carbocycles. The molecule has 1 aromatic rings. The number of allylic oxidation sites excluding steroid dienone is 2. The Kier molecular flexibility index (Phi) is 2.49. The minimum absolute atomic E-state index is 0.0440. The third kappa shape index (κ3) is 2.43. The fourth-order valence-corrected chi connectivity index (χ4v) is 1.10. The summed E-state index contributed by atoms with van der Waals surface area (Å²) >= 11 is 0. The normalized spacial score (nSPS) is 13.9. The zero-order valence-corrected chi connectivity index (χ0v) is 7.80. The molecule has 0 fully saturated rings. The van der Waals surface area contributed by atoms with Crippen LogP contribution >= 0.6 is 0 Å². The third-order valence-corrected chi connectivity index (χ3v) is 1.83. The lowest BCUT2D eigenvalue weighted by molar-refractivity contribution is -0.116. The molecule has 0 bridgehead atoms. The van der Waals surface area contributed by atoms with E-state index in [1.807, 2.05) is 6.07 Å². The fraction of sp³-hybridized carbons (Fsp3) is 0.0909. The summed E-state index contributed by atoms with van der Waals surface area (Å²) in [6, 6.07) is 8.58. The first-order chi connectivity index (χ1) is 7.24. The SMILES string of the molecule is O=C1C=C(OC(=O)Oc2ccccc2)C1. The molecule has 76 valence electrons. The van der Waals surface area contributed by atoms with Crippen LogP contribution in [0.2, 0.25) is 0 Å². The van der Waals surface area contributed by atoms with Crippen molar-refractivity contribution in [1.29, 1.82) is 0 Å². The van der Waals surface area contributed by atoms with Gasteiger partial charge in [0, 0.05) is 6.08 Å². The van der Waals surface area contributed by atoms with E-state index in [9.17, 15) is 9.59 Å². The first kappa shape index (κ1) is 9.45. The van der Waals surface area contributed by atoms with Gasteiger partial charge in [-0.05, 0) is 12.1 Å². The highest BCUT2D eigenvalue weighted by molar-refractivity contribution is 5.98. The first-order valence-corrected chi connectivity index (χ1v) is 4.42. The van der Waals surface area contributed by atoms with E-state index >= 15 is 0 Å². The Morgan fingerprint density at radius 1 is 1.13 bits per heavy atom. The molecule has 1 aliphatic rings. The number of carbonyl (C=O) groups excluding carboxylic acids is 2. The first-order valence-electron chi connectivity index (χ1n) is 4.42. The quantitative estimate of drug-likeness (QED) is 0.546. The van der Waals surface area contributed by atoms with Crippen LogP contribution in [0.3, 0.4) is 0 Å². The van der Waals surface area contributed by atoms with E-state index in [0.29, 0.717) is 11.5 Å². The van der Waals surface area contributed by atoms with Gasteiger partial charge in [-0.3, -0.25) is 4.79 Å². The Hall–Kier alpha value is -2.10. The van der Waals surface area contributed by atoms with Gasteiger partial charge >= 0.3 is 6.16 Å². The largest absolute Gasteiger partial charge is 0.519 e. The van der Waals surface area contributed by atoms with Gasteiger partial charge in [-0.1, -0.05) is 18.2 Å². The van der Waals surface area contributed by atoms with Gasteiger partial charge in [0.25, 0.3) is 0 Å². The Labute approximate surface area is 86.1 Å². The number of ketones is 1. The fourth-order valence-electron chi connectivity index (χ4n) is 1.10. The van der Waals surface area contributed by atoms with Crippen LogP contribution in [-0.2, 0) is 9.53 Å². The second-order valence-electron chi connectivity index (χ2n) is 3.02. The smallest absolute Gasteiger partial charge is 0.399 e. The molecule has 0 unspecified atom stereocenters. The van der Waals surface area contributed by atoms with E-state index in [1.165, 1.54) is 6.08 Å². The lowest BCUT2D eigenvalue weighted by atomic mass is 10.1. The zero-order valence-electron chi connectivity index (χ0n) is 7.80. The van der Waals surface area contributed by atoms with E-state index in [2.05, 4.69) is 0 Å². The van der Waals surface area contributed by atoms with Crippen LogP contribution in [0.4, 0.5) is 4.79 Å². The Balaban J connectivity index is 1.88. The summed E-state index contributed by atoms with van der Waals surface area (Å²) in [5.74, 6) is 0.715. The second-order valence-corrected chi connectivity index (χ2v) is 3.02. The standard InChI is InChI=1S/C11H8O4/c12-8-6-10(7-8)15-11(13)14-9-4-2-1-3-5-9/h1-6H,7H2. The van der Waals surface area contributed by atoms with E-state index in [4.69, 9.17) is 9.47 Å². The van der Waals surface area contributed by atoms with Crippen molar-refractivity contribution in [3.8, 4) is 5.75 Å². The molecule has 0 spiro atoms. The summed E-state index contributed by atoms with van der Waals surface area (Å²) in [4.78, 5) is 21.7. The third-order valence-electron chi connectivity index (χ3n) is 1.83. The van der Waals surface area contributed by atoms with Gasteiger partial charge in [0.2, 0.25) is 0 Å². The van der Waals surface area contributed by atoms with E-state index in [0.717, 1.165) is 0 Å². The van der Waals surface area contributed by atoms with Crippen molar-refractivity contribution in [3.63, 3.8) is 0 Å². The van der Waals surface area contributed by atoms with Crippen LogP contribution in [0.15, 0.2) is 42.2 Å². The maximum atomic E-state index is 11.1. The van der Waals surface area contributed by atoms with Crippen LogP contribution in [-0.4, -0.2) is 11.9 Å². The number of rotatable bonds is 2. The predicted octanol–water partition coefficient (Wildman–Crippen LogP) is 2.06. The maximum absolute atomic E-state index is 11.1. The lowest BCUT2D eigenvalue weighted by Gasteiger charge is -2.12. The molecule has 2 rings (SSSR count). The van der Waals surface area contributed by atoms with Crippen molar-refractivity contribution in [3.05, 3.63) is 42.2 Å². The Bertz CT molecular complexity index is 419. The number of ether oxygens (including phenoxy) is 2.